The van der Waals surface area contributed by atoms with E-state index in [2.05, 4.69) is 5.32 Å². The van der Waals surface area contributed by atoms with Crippen LogP contribution in [0.3, 0.4) is 0 Å². The molecule has 1 aromatic carbocycles. The number of hydrogen-bond acceptors (Lipinski definition) is 3. The number of aliphatic carboxylic acids is 1. The number of rotatable bonds is 4. The molecule has 1 aromatic rings. The minimum atomic E-state index is -4.51. The summed E-state index contributed by atoms with van der Waals surface area (Å²) in [5.41, 5.74) is -1.46. The van der Waals surface area contributed by atoms with E-state index in [1.54, 1.807) is 6.07 Å². The Morgan fingerprint density at radius 3 is 2.52 bits per heavy atom. The first-order chi connectivity index (χ1) is 9.76. The van der Waals surface area contributed by atoms with E-state index in [-0.39, 0.29) is 17.7 Å². The quantitative estimate of drug-likeness (QED) is 0.893. The van der Waals surface area contributed by atoms with E-state index in [0.717, 1.165) is 18.6 Å². The Morgan fingerprint density at radius 2 is 2.10 bits per heavy atom. The molecule has 112 valence electrons. The number of nitriles is 1. The van der Waals surface area contributed by atoms with Crippen LogP contribution in [0.15, 0.2) is 18.2 Å². The van der Waals surface area contributed by atoms with Gasteiger partial charge in [-0.3, -0.25) is 4.79 Å². The third-order valence-corrected chi connectivity index (χ3v) is 3.67. The molecule has 0 amide bonds. The average molecular weight is 298 g/mol. The van der Waals surface area contributed by atoms with Crippen LogP contribution in [0, 0.1) is 11.3 Å². The molecular weight excluding hydrogens is 285 g/mol. The zero-order valence-electron chi connectivity index (χ0n) is 11.0. The summed E-state index contributed by atoms with van der Waals surface area (Å²) in [6.07, 6.45) is -2.56. The van der Waals surface area contributed by atoms with Crippen molar-refractivity contribution in [3.05, 3.63) is 29.3 Å². The van der Waals surface area contributed by atoms with Gasteiger partial charge in [0.05, 0.1) is 23.2 Å². The Hall–Kier alpha value is -2.23. The van der Waals surface area contributed by atoms with Gasteiger partial charge in [-0.15, -0.1) is 0 Å². The van der Waals surface area contributed by atoms with Crippen molar-refractivity contribution < 1.29 is 23.1 Å². The van der Waals surface area contributed by atoms with Crippen molar-refractivity contribution in [2.24, 2.45) is 0 Å². The van der Waals surface area contributed by atoms with Gasteiger partial charge in [0.15, 0.2) is 0 Å². The normalized spacial score (nSPS) is 16.7. The van der Waals surface area contributed by atoms with Gasteiger partial charge >= 0.3 is 12.1 Å². The van der Waals surface area contributed by atoms with Crippen LogP contribution in [0.2, 0.25) is 0 Å². The zero-order valence-corrected chi connectivity index (χ0v) is 11.0. The summed E-state index contributed by atoms with van der Waals surface area (Å²) < 4.78 is 37.8. The first kappa shape index (κ1) is 15.2. The molecule has 1 aliphatic carbocycles. The fraction of sp³-hybridized carbons (Fsp3) is 0.429. The minimum absolute atomic E-state index is 0.126. The molecule has 2 N–H and O–H groups in total. The van der Waals surface area contributed by atoms with Gasteiger partial charge in [0, 0.05) is 5.54 Å². The van der Waals surface area contributed by atoms with Crippen LogP contribution in [0.4, 0.5) is 18.9 Å². The molecule has 0 saturated heterocycles. The molecule has 2 rings (SSSR count). The molecular formula is C14H13F3N2O2. The molecule has 0 bridgehead atoms. The molecule has 0 spiro atoms. The largest absolute Gasteiger partial charge is 0.481 e. The van der Waals surface area contributed by atoms with Crippen molar-refractivity contribution in [2.75, 3.05) is 5.32 Å². The molecule has 0 atom stereocenters. The lowest BCUT2D eigenvalue weighted by molar-refractivity contribution is -0.139. The van der Waals surface area contributed by atoms with E-state index < -0.39 is 23.2 Å². The fourth-order valence-corrected chi connectivity index (χ4v) is 2.45. The van der Waals surface area contributed by atoms with Crippen LogP contribution < -0.4 is 5.32 Å². The maximum absolute atomic E-state index is 12.6. The highest BCUT2D eigenvalue weighted by Gasteiger charge is 2.39. The van der Waals surface area contributed by atoms with Crippen molar-refractivity contribution in [3.8, 4) is 6.07 Å². The number of alkyl halides is 3. The molecule has 0 aliphatic heterocycles. The summed E-state index contributed by atoms with van der Waals surface area (Å²) in [4.78, 5) is 10.9. The highest BCUT2D eigenvalue weighted by Crippen LogP contribution is 2.40. The summed E-state index contributed by atoms with van der Waals surface area (Å²) in [6.45, 7) is 0. The molecule has 1 aliphatic rings. The molecule has 4 nitrogen and oxygen atoms in total. The van der Waals surface area contributed by atoms with Crippen LogP contribution >= 0.6 is 0 Å². The molecule has 0 radical (unpaired) electrons. The van der Waals surface area contributed by atoms with Crippen LogP contribution in [-0.2, 0) is 11.0 Å². The summed E-state index contributed by atoms with van der Waals surface area (Å²) in [7, 11) is 0. The molecule has 0 heterocycles. The predicted octanol–water partition coefficient (Wildman–Crippen LogP) is 3.39. The van der Waals surface area contributed by atoms with Crippen LogP contribution in [0.5, 0.6) is 0 Å². The lowest BCUT2D eigenvalue weighted by atomic mass is 9.74. The Bertz CT molecular complexity index is 601. The van der Waals surface area contributed by atoms with Crippen LogP contribution in [0.1, 0.15) is 36.8 Å². The topological polar surface area (TPSA) is 73.1 Å². The number of carbonyl (C=O) groups is 1. The first-order valence-corrected chi connectivity index (χ1v) is 6.37. The molecule has 1 fully saturated rings. The number of nitrogens with zero attached hydrogens (tertiary/aromatic N) is 1. The first-order valence-electron chi connectivity index (χ1n) is 6.37. The number of nitrogens with one attached hydrogen (secondary N) is 1. The van der Waals surface area contributed by atoms with E-state index in [1.807, 2.05) is 0 Å². The van der Waals surface area contributed by atoms with Crippen molar-refractivity contribution in [1.82, 2.24) is 0 Å². The van der Waals surface area contributed by atoms with Crippen molar-refractivity contribution in [2.45, 2.75) is 37.4 Å². The second-order valence-corrected chi connectivity index (χ2v) is 5.20. The molecule has 7 heteroatoms. The SMILES string of the molecule is N#Cc1cc(C(F)(F)F)ccc1NC1(CC(=O)O)CCC1. The monoisotopic (exact) mass is 298 g/mol. The van der Waals surface area contributed by atoms with Gasteiger partial charge in [-0.2, -0.15) is 18.4 Å². The fourth-order valence-electron chi connectivity index (χ4n) is 2.45. The summed E-state index contributed by atoms with van der Waals surface area (Å²) in [5.74, 6) is -0.979. The summed E-state index contributed by atoms with van der Waals surface area (Å²) in [6, 6.07) is 4.56. The van der Waals surface area contributed by atoms with Crippen molar-refractivity contribution in [3.63, 3.8) is 0 Å². The maximum Gasteiger partial charge on any atom is 0.416 e. The van der Waals surface area contributed by atoms with Gasteiger partial charge in [-0.25, -0.2) is 0 Å². The van der Waals surface area contributed by atoms with Crippen molar-refractivity contribution >= 4 is 11.7 Å². The highest BCUT2D eigenvalue weighted by atomic mass is 19.4. The summed E-state index contributed by atoms with van der Waals surface area (Å²) >= 11 is 0. The average Bonchev–Trinajstić information content (AvgIpc) is 2.34. The van der Waals surface area contributed by atoms with Crippen LogP contribution in [0.25, 0.3) is 0 Å². The third kappa shape index (κ3) is 3.27. The van der Waals surface area contributed by atoms with Gasteiger partial charge < -0.3 is 10.4 Å². The van der Waals surface area contributed by atoms with Gasteiger partial charge in [-0.05, 0) is 37.5 Å². The molecule has 0 unspecified atom stereocenters. The van der Waals surface area contributed by atoms with Crippen molar-refractivity contribution in [1.29, 1.82) is 5.26 Å². The number of halogens is 3. The number of carboxylic acid groups (broad SMARTS) is 1. The van der Waals surface area contributed by atoms with E-state index in [1.165, 1.54) is 6.07 Å². The van der Waals surface area contributed by atoms with E-state index in [9.17, 15) is 18.0 Å². The predicted molar refractivity (Wildman–Crippen MR) is 68.6 cm³/mol. The Morgan fingerprint density at radius 1 is 1.43 bits per heavy atom. The number of hydrogen-bond donors (Lipinski definition) is 2. The molecule has 21 heavy (non-hydrogen) atoms. The number of carboxylic acids is 1. The second kappa shape index (κ2) is 5.28. The van der Waals surface area contributed by atoms with Gasteiger partial charge in [0.2, 0.25) is 0 Å². The number of anilines is 1. The third-order valence-electron chi connectivity index (χ3n) is 3.67. The van der Waals surface area contributed by atoms with Gasteiger partial charge in [0.1, 0.15) is 6.07 Å². The van der Waals surface area contributed by atoms with Gasteiger partial charge in [-0.1, -0.05) is 0 Å². The number of benzene rings is 1. The van der Waals surface area contributed by atoms with E-state index in [0.29, 0.717) is 12.8 Å². The molecule has 0 aromatic heterocycles. The molecule has 1 saturated carbocycles. The van der Waals surface area contributed by atoms with E-state index >= 15 is 0 Å². The Labute approximate surface area is 119 Å². The lowest BCUT2D eigenvalue weighted by Gasteiger charge is -2.42. The highest BCUT2D eigenvalue weighted by molar-refractivity contribution is 5.71. The Kier molecular flexibility index (Phi) is 3.81. The second-order valence-electron chi connectivity index (χ2n) is 5.20. The summed E-state index contributed by atoms with van der Waals surface area (Å²) in [5, 5.41) is 20.9. The van der Waals surface area contributed by atoms with E-state index in [4.69, 9.17) is 10.4 Å². The smallest absolute Gasteiger partial charge is 0.416 e. The minimum Gasteiger partial charge on any atom is -0.481 e. The lowest BCUT2D eigenvalue weighted by Crippen LogP contribution is -2.46. The van der Waals surface area contributed by atoms with Crippen LogP contribution in [-0.4, -0.2) is 16.6 Å². The zero-order chi connectivity index (χ0) is 15.7. The van der Waals surface area contributed by atoms with Gasteiger partial charge in [0.25, 0.3) is 0 Å². The maximum atomic E-state index is 12.6. The Balaban J connectivity index is 2.28. The standard InChI is InChI=1S/C14H13F3N2O2/c15-14(16,17)10-2-3-11(9(6-10)8-18)19-13(4-1-5-13)7-12(20)21/h2-3,6,19H,1,4-5,7H2,(H,20,21).